The summed E-state index contributed by atoms with van der Waals surface area (Å²) in [5.74, 6) is -1.80. The topological polar surface area (TPSA) is 29.3 Å². The molecular weight excluding hydrogens is 230 g/mol. The van der Waals surface area contributed by atoms with Crippen molar-refractivity contribution in [2.45, 2.75) is 12.8 Å². The van der Waals surface area contributed by atoms with Gasteiger partial charge in [0.05, 0.1) is 5.69 Å². The molecule has 0 amide bonds. The lowest BCUT2D eigenvalue weighted by Crippen LogP contribution is -2.21. The molecule has 0 unspecified atom stereocenters. The maximum atomic E-state index is 13.7. The second kappa shape index (κ2) is 4.33. The average molecular weight is 242 g/mol. The van der Waals surface area contributed by atoms with Crippen LogP contribution in [0.3, 0.4) is 0 Å². The smallest absolute Gasteiger partial charge is 0.182 e. The van der Waals surface area contributed by atoms with Gasteiger partial charge in [-0.1, -0.05) is 12.2 Å². The van der Waals surface area contributed by atoms with E-state index in [1.54, 1.807) is 0 Å². The molecule has 0 aromatic heterocycles. The number of nitrogens with zero attached hydrogens (tertiary/aromatic N) is 1. The zero-order valence-corrected chi connectivity index (χ0v) is 9.49. The van der Waals surface area contributed by atoms with Crippen LogP contribution < -0.4 is 10.6 Å². The minimum atomic E-state index is -0.947. The van der Waals surface area contributed by atoms with Crippen molar-refractivity contribution in [2.24, 2.45) is 5.73 Å². The fraction of sp³-hybridized carbons (Fsp3) is 0.364. The van der Waals surface area contributed by atoms with E-state index >= 15 is 0 Å². The number of rotatable bonds is 2. The summed E-state index contributed by atoms with van der Waals surface area (Å²) in [6.45, 7) is 1.53. The lowest BCUT2D eigenvalue weighted by molar-refractivity contribution is 0.506. The maximum Gasteiger partial charge on any atom is 0.182 e. The molecule has 0 bridgehead atoms. The summed E-state index contributed by atoms with van der Waals surface area (Å²) in [7, 11) is 0. The molecule has 5 heteroatoms. The zero-order valence-electron chi connectivity index (χ0n) is 8.67. The van der Waals surface area contributed by atoms with E-state index in [1.807, 2.05) is 4.90 Å². The first kappa shape index (κ1) is 11.3. The Morgan fingerprint density at radius 1 is 1.19 bits per heavy atom. The van der Waals surface area contributed by atoms with Gasteiger partial charge in [-0.25, -0.2) is 8.78 Å². The van der Waals surface area contributed by atoms with Crippen molar-refractivity contribution in [2.75, 3.05) is 18.0 Å². The summed E-state index contributed by atoms with van der Waals surface area (Å²) < 4.78 is 27.3. The lowest BCUT2D eigenvalue weighted by atomic mass is 10.1. The molecule has 1 aliphatic heterocycles. The molecule has 2 rings (SSSR count). The number of hydrogen-bond acceptors (Lipinski definition) is 2. The zero-order chi connectivity index (χ0) is 11.7. The number of thiocarbonyl (C=S) groups is 1. The number of anilines is 1. The third-order valence-electron chi connectivity index (χ3n) is 2.77. The van der Waals surface area contributed by atoms with Gasteiger partial charge in [-0.05, 0) is 25.0 Å². The van der Waals surface area contributed by atoms with Crippen molar-refractivity contribution in [1.29, 1.82) is 0 Å². The lowest BCUT2D eigenvalue weighted by Gasteiger charge is -2.19. The highest BCUT2D eigenvalue weighted by Crippen LogP contribution is 2.26. The van der Waals surface area contributed by atoms with Crippen LogP contribution in [0, 0.1) is 11.6 Å². The minimum Gasteiger partial charge on any atom is -0.389 e. The first-order valence-corrected chi connectivity index (χ1v) is 5.55. The Morgan fingerprint density at radius 2 is 1.81 bits per heavy atom. The van der Waals surface area contributed by atoms with E-state index in [0.717, 1.165) is 25.9 Å². The normalized spacial score (nSPS) is 15.5. The Morgan fingerprint density at radius 3 is 2.38 bits per heavy atom. The molecule has 0 spiro atoms. The van der Waals surface area contributed by atoms with Crippen LogP contribution in [-0.2, 0) is 0 Å². The fourth-order valence-corrected chi connectivity index (χ4v) is 2.09. The standard InChI is InChI=1S/C11H12F2N2S/c12-9-7(11(14)16)3-4-8(10(9)13)15-5-1-2-6-15/h3-4H,1-2,5-6H2,(H2,14,16). The summed E-state index contributed by atoms with van der Waals surface area (Å²) in [5, 5.41) is 0. The number of nitrogens with two attached hydrogens (primary N) is 1. The van der Waals surface area contributed by atoms with Gasteiger partial charge in [0.2, 0.25) is 0 Å². The van der Waals surface area contributed by atoms with E-state index in [2.05, 4.69) is 12.2 Å². The highest BCUT2D eigenvalue weighted by molar-refractivity contribution is 7.80. The van der Waals surface area contributed by atoms with Crippen molar-refractivity contribution < 1.29 is 8.78 Å². The Bertz CT molecular complexity index is 428. The molecule has 1 aromatic rings. The first-order chi connectivity index (χ1) is 7.61. The van der Waals surface area contributed by atoms with Gasteiger partial charge in [0.25, 0.3) is 0 Å². The van der Waals surface area contributed by atoms with Crippen molar-refractivity contribution in [3.63, 3.8) is 0 Å². The monoisotopic (exact) mass is 242 g/mol. The molecule has 0 atom stereocenters. The number of halogens is 2. The Hall–Kier alpha value is -1.23. The Labute approximate surface area is 98.0 Å². The summed E-state index contributed by atoms with van der Waals surface area (Å²) in [4.78, 5) is 1.71. The van der Waals surface area contributed by atoms with Crippen LogP contribution >= 0.6 is 12.2 Å². The predicted molar refractivity (Wildman–Crippen MR) is 63.7 cm³/mol. The molecule has 0 aliphatic carbocycles. The molecule has 16 heavy (non-hydrogen) atoms. The van der Waals surface area contributed by atoms with E-state index in [4.69, 9.17) is 5.73 Å². The van der Waals surface area contributed by atoms with Gasteiger partial charge in [-0.2, -0.15) is 0 Å². The van der Waals surface area contributed by atoms with Gasteiger partial charge in [0.1, 0.15) is 4.99 Å². The van der Waals surface area contributed by atoms with Gasteiger partial charge in [0.15, 0.2) is 11.6 Å². The van der Waals surface area contributed by atoms with Crippen molar-refractivity contribution >= 4 is 22.9 Å². The van der Waals surface area contributed by atoms with Crippen LogP contribution in [0.15, 0.2) is 12.1 Å². The molecular formula is C11H12F2N2S. The molecule has 86 valence electrons. The third kappa shape index (κ3) is 1.87. The van der Waals surface area contributed by atoms with E-state index in [1.165, 1.54) is 12.1 Å². The fourth-order valence-electron chi connectivity index (χ4n) is 1.93. The van der Waals surface area contributed by atoms with Gasteiger partial charge < -0.3 is 10.6 Å². The molecule has 1 saturated heterocycles. The van der Waals surface area contributed by atoms with Crippen LogP contribution in [0.4, 0.5) is 14.5 Å². The molecule has 1 fully saturated rings. The van der Waals surface area contributed by atoms with Crippen LogP contribution in [0.5, 0.6) is 0 Å². The average Bonchev–Trinajstić information content (AvgIpc) is 2.74. The first-order valence-electron chi connectivity index (χ1n) is 5.14. The van der Waals surface area contributed by atoms with Crippen molar-refractivity contribution in [3.8, 4) is 0 Å². The SMILES string of the molecule is NC(=S)c1ccc(N2CCCC2)c(F)c1F. The molecule has 1 aliphatic rings. The van der Waals surface area contributed by atoms with E-state index in [-0.39, 0.29) is 10.6 Å². The highest BCUT2D eigenvalue weighted by atomic mass is 32.1. The summed E-state index contributed by atoms with van der Waals surface area (Å²) >= 11 is 4.64. The second-order valence-electron chi connectivity index (χ2n) is 3.82. The molecule has 1 aromatic carbocycles. The second-order valence-corrected chi connectivity index (χ2v) is 4.26. The quantitative estimate of drug-likeness (QED) is 0.806. The summed E-state index contributed by atoms with van der Waals surface area (Å²) in [6, 6.07) is 2.98. The minimum absolute atomic E-state index is 0.0320. The molecule has 2 nitrogen and oxygen atoms in total. The van der Waals surface area contributed by atoms with Crippen LogP contribution in [0.1, 0.15) is 18.4 Å². The predicted octanol–water partition coefficient (Wildman–Crippen LogP) is 2.20. The van der Waals surface area contributed by atoms with Gasteiger partial charge >= 0.3 is 0 Å². The summed E-state index contributed by atoms with van der Waals surface area (Å²) in [5.41, 5.74) is 5.57. The van der Waals surface area contributed by atoms with Gasteiger partial charge in [0, 0.05) is 18.7 Å². The van der Waals surface area contributed by atoms with Gasteiger partial charge in [-0.3, -0.25) is 0 Å². The van der Waals surface area contributed by atoms with E-state index in [0.29, 0.717) is 5.69 Å². The molecule has 1 heterocycles. The van der Waals surface area contributed by atoms with Crippen LogP contribution in [0.25, 0.3) is 0 Å². The van der Waals surface area contributed by atoms with Crippen molar-refractivity contribution in [3.05, 3.63) is 29.3 Å². The number of hydrogen-bond donors (Lipinski definition) is 1. The van der Waals surface area contributed by atoms with E-state index < -0.39 is 11.6 Å². The largest absolute Gasteiger partial charge is 0.389 e. The molecule has 0 radical (unpaired) electrons. The molecule has 2 N–H and O–H groups in total. The van der Waals surface area contributed by atoms with Gasteiger partial charge in [-0.15, -0.1) is 0 Å². The molecule has 0 saturated carbocycles. The third-order valence-corrected chi connectivity index (χ3v) is 2.99. The van der Waals surface area contributed by atoms with Crippen LogP contribution in [0.2, 0.25) is 0 Å². The maximum absolute atomic E-state index is 13.7. The Kier molecular flexibility index (Phi) is 3.05. The Balaban J connectivity index is 2.41. The highest BCUT2D eigenvalue weighted by Gasteiger charge is 2.21. The van der Waals surface area contributed by atoms with Crippen molar-refractivity contribution in [1.82, 2.24) is 0 Å². The number of benzene rings is 1. The van der Waals surface area contributed by atoms with Crippen LogP contribution in [-0.4, -0.2) is 18.1 Å². The van der Waals surface area contributed by atoms with E-state index in [9.17, 15) is 8.78 Å². The summed E-state index contributed by atoms with van der Waals surface area (Å²) in [6.07, 6.45) is 2.02.